The van der Waals surface area contributed by atoms with Crippen LogP contribution in [0.1, 0.15) is 161 Å². The quantitative estimate of drug-likeness (QED) is 0.159. The zero-order chi connectivity index (χ0) is 68.5. The zero-order valence-corrected chi connectivity index (χ0v) is 59.5. The van der Waals surface area contributed by atoms with Crippen molar-refractivity contribution in [2.45, 2.75) is 143 Å². The van der Waals surface area contributed by atoms with Crippen molar-refractivity contribution in [3.63, 3.8) is 0 Å². The Hall–Kier alpha value is -10.5. The predicted molar refractivity (Wildman–Crippen MR) is 410 cm³/mol. The van der Waals surface area contributed by atoms with Gasteiger partial charge in [-0.25, -0.2) is 15.0 Å². The van der Waals surface area contributed by atoms with Crippen molar-refractivity contribution in [1.82, 2.24) is 24.1 Å². The molecule has 14 aromatic rings. The summed E-state index contributed by atoms with van der Waals surface area (Å²) in [6.07, 6.45) is 0. The van der Waals surface area contributed by atoms with Crippen LogP contribution in [0.2, 0.25) is 0 Å². The van der Waals surface area contributed by atoms with Gasteiger partial charge in [-0.1, -0.05) is 232 Å². The Morgan fingerprint density at radius 1 is 0.296 bits per heavy atom. The third-order valence-corrected chi connectivity index (χ3v) is 21.6. The summed E-state index contributed by atoms with van der Waals surface area (Å²) in [4.78, 5) is 17.0. The van der Waals surface area contributed by atoms with Gasteiger partial charge >= 0.3 is 0 Å². The number of para-hydroxylation sites is 2. The average molecular weight is 1270 g/mol. The summed E-state index contributed by atoms with van der Waals surface area (Å²) in [5, 5.41) is 15.1. The fourth-order valence-corrected chi connectivity index (χ4v) is 15.8. The van der Waals surface area contributed by atoms with E-state index in [4.69, 9.17) is 15.0 Å². The van der Waals surface area contributed by atoms with Crippen molar-refractivity contribution in [2.75, 3.05) is 0 Å². The maximum Gasteiger partial charge on any atom is 0.164 e. The molecule has 98 heavy (non-hydrogen) atoms. The standard InChI is InChI=1S/C92H84N6/c1-87(2,3)60-41-58(42-61(47-60)88(4,5)6)85-94-84(95-86(96-85)59-43-62(89(7,8)9)48-63(44-59)90(10,11)12)57-37-39-80(97-78-34-23-19-30-66(78)72-49-69-64-28-17-21-32-74(64)91(13,14)76(69)51-82(72)97)71(45-57)68-38-36-56(55-27-25-26-54(40-55)53-93)46-81(68)98-79-35-24-20-31-67(79)73-50-70-65-29-18-22-33-75(65)92(15,16)77(70)52-83(73)98/h17-52H,1-16H3. The van der Waals surface area contributed by atoms with E-state index >= 15 is 0 Å². The van der Waals surface area contributed by atoms with Crippen molar-refractivity contribution < 1.29 is 0 Å². The summed E-state index contributed by atoms with van der Waals surface area (Å²) < 4.78 is 5.05. The van der Waals surface area contributed by atoms with Gasteiger partial charge in [0.15, 0.2) is 17.5 Å². The van der Waals surface area contributed by atoms with Gasteiger partial charge in [-0.3, -0.25) is 0 Å². The van der Waals surface area contributed by atoms with Gasteiger partial charge in [0.2, 0.25) is 0 Å². The first kappa shape index (κ1) is 62.3. The van der Waals surface area contributed by atoms with Gasteiger partial charge in [0.05, 0.1) is 45.1 Å². The summed E-state index contributed by atoms with van der Waals surface area (Å²) in [5.74, 6) is 1.83. The highest BCUT2D eigenvalue weighted by Gasteiger charge is 2.39. The number of benzene rings is 11. The molecule has 2 aliphatic rings. The highest BCUT2D eigenvalue weighted by Crippen LogP contribution is 2.54. The summed E-state index contributed by atoms with van der Waals surface area (Å²) in [6.45, 7) is 37.0. The van der Waals surface area contributed by atoms with Crippen molar-refractivity contribution in [1.29, 1.82) is 5.26 Å². The topological polar surface area (TPSA) is 72.3 Å². The SMILES string of the molecule is CC(C)(C)c1cc(-c2nc(-c3cc(C(C)(C)C)cc(C(C)(C)C)c3)nc(-c3ccc(-n4c5ccccc5c5cc6c(cc54)C(C)(C)c4ccccc4-6)c(-c4ccc(-c5cccc(C#N)c5)cc4-n4c5ccccc5c5cc6c(cc54)C(C)(C)c4ccccc4-6)c3)n2)cc(C(C)(C)C)c1. The Labute approximate surface area is 577 Å². The molecule has 0 N–H and O–H groups in total. The fourth-order valence-electron chi connectivity index (χ4n) is 15.8. The highest BCUT2D eigenvalue weighted by atomic mass is 15.0. The number of hydrogen-bond acceptors (Lipinski definition) is 4. The number of nitriles is 1. The molecule has 6 heteroatoms. The van der Waals surface area contributed by atoms with Gasteiger partial charge in [-0.2, -0.15) is 5.26 Å². The van der Waals surface area contributed by atoms with Crippen LogP contribution in [0.3, 0.4) is 0 Å². The average Bonchev–Trinajstić information content (AvgIpc) is 1.55. The molecule has 0 amide bonds. The van der Waals surface area contributed by atoms with Gasteiger partial charge in [0, 0.05) is 60.2 Å². The van der Waals surface area contributed by atoms with E-state index in [1.54, 1.807) is 0 Å². The molecule has 6 nitrogen and oxygen atoms in total. The molecule has 0 unspecified atom stereocenters. The lowest BCUT2D eigenvalue weighted by Gasteiger charge is -2.26. The number of fused-ring (bicyclic) bond motifs is 12. The minimum Gasteiger partial charge on any atom is -0.309 e. The molecular formula is C92H84N6. The first-order valence-corrected chi connectivity index (χ1v) is 34.8. The van der Waals surface area contributed by atoms with E-state index < -0.39 is 0 Å². The maximum absolute atomic E-state index is 10.4. The lowest BCUT2D eigenvalue weighted by atomic mass is 9.79. The summed E-state index contributed by atoms with van der Waals surface area (Å²) in [6, 6.07) is 83.9. The second-order valence-corrected chi connectivity index (χ2v) is 32.9. The normalized spacial score (nSPS) is 14.1. The van der Waals surface area contributed by atoms with Crippen LogP contribution in [0.4, 0.5) is 0 Å². The second-order valence-electron chi connectivity index (χ2n) is 32.9. The van der Waals surface area contributed by atoms with Crippen molar-refractivity contribution >= 4 is 43.6 Å². The Bertz CT molecular complexity index is 5590. The molecule has 0 bridgehead atoms. The van der Waals surface area contributed by atoms with Gasteiger partial charge in [-0.05, 0) is 197 Å². The molecule has 0 aliphatic heterocycles. The third kappa shape index (κ3) is 9.97. The van der Waals surface area contributed by atoms with Crippen LogP contribution < -0.4 is 0 Å². The van der Waals surface area contributed by atoms with Gasteiger partial charge in [0.25, 0.3) is 0 Å². The van der Waals surface area contributed by atoms with Crippen LogP contribution in [-0.4, -0.2) is 24.1 Å². The van der Waals surface area contributed by atoms with E-state index in [-0.39, 0.29) is 32.5 Å². The van der Waals surface area contributed by atoms with Crippen LogP contribution in [-0.2, 0) is 32.5 Å². The lowest BCUT2D eigenvalue weighted by Crippen LogP contribution is -2.17. The minimum absolute atomic E-state index is 0.155. The van der Waals surface area contributed by atoms with E-state index in [2.05, 4.69) is 326 Å². The molecule has 0 atom stereocenters. The van der Waals surface area contributed by atoms with Crippen molar-refractivity contribution in [3.8, 4) is 96.1 Å². The van der Waals surface area contributed by atoms with Crippen LogP contribution in [0.25, 0.3) is 134 Å². The Morgan fingerprint density at radius 2 is 0.714 bits per heavy atom. The number of rotatable bonds is 7. The molecule has 482 valence electrons. The maximum atomic E-state index is 10.4. The predicted octanol–water partition coefficient (Wildman–Crippen LogP) is 24.1. The van der Waals surface area contributed by atoms with Crippen molar-refractivity contribution in [3.05, 3.63) is 268 Å². The summed E-state index contributed by atoms with van der Waals surface area (Å²) >= 11 is 0. The number of aromatic nitrogens is 5. The van der Waals surface area contributed by atoms with Crippen LogP contribution >= 0.6 is 0 Å². The molecule has 16 rings (SSSR count). The Morgan fingerprint density at radius 3 is 1.18 bits per heavy atom. The Kier molecular flexibility index (Phi) is 13.8. The number of hydrogen-bond donors (Lipinski definition) is 0. The fraction of sp³-hybridized carbons (Fsp3) is 0.239. The molecule has 3 heterocycles. The van der Waals surface area contributed by atoms with E-state index in [9.17, 15) is 5.26 Å². The molecule has 2 aliphatic carbocycles. The van der Waals surface area contributed by atoms with Gasteiger partial charge in [0.1, 0.15) is 0 Å². The van der Waals surface area contributed by atoms with E-state index in [1.165, 1.54) is 88.3 Å². The molecule has 3 aromatic heterocycles. The molecule has 0 saturated carbocycles. The van der Waals surface area contributed by atoms with Crippen LogP contribution in [0.5, 0.6) is 0 Å². The zero-order valence-electron chi connectivity index (χ0n) is 59.5. The first-order chi connectivity index (χ1) is 46.5. The lowest BCUT2D eigenvalue weighted by molar-refractivity contribution is 0.568. The van der Waals surface area contributed by atoms with Gasteiger partial charge < -0.3 is 9.13 Å². The molecule has 0 radical (unpaired) electrons. The molecular weight excluding hydrogens is 1190 g/mol. The second kappa shape index (κ2) is 21.8. The van der Waals surface area contributed by atoms with E-state index in [0.717, 1.165) is 72.4 Å². The van der Waals surface area contributed by atoms with Crippen molar-refractivity contribution in [2.24, 2.45) is 0 Å². The number of nitrogens with zero attached hydrogens (tertiary/aromatic N) is 6. The molecule has 0 fully saturated rings. The minimum atomic E-state index is -0.259. The van der Waals surface area contributed by atoms with E-state index in [1.807, 2.05) is 18.2 Å². The smallest absolute Gasteiger partial charge is 0.164 e. The molecule has 11 aromatic carbocycles. The third-order valence-electron chi connectivity index (χ3n) is 21.6. The first-order valence-electron chi connectivity index (χ1n) is 34.8. The van der Waals surface area contributed by atoms with Gasteiger partial charge in [-0.15, -0.1) is 0 Å². The largest absolute Gasteiger partial charge is 0.309 e. The highest BCUT2D eigenvalue weighted by molar-refractivity contribution is 6.14. The van der Waals surface area contributed by atoms with Crippen LogP contribution in [0, 0.1) is 11.3 Å². The monoisotopic (exact) mass is 1270 g/mol. The molecule has 0 saturated heterocycles. The summed E-state index contributed by atoms with van der Waals surface area (Å²) in [7, 11) is 0. The summed E-state index contributed by atoms with van der Waals surface area (Å²) in [5.41, 5.74) is 28.0. The molecule has 0 spiro atoms. The van der Waals surface area contributed by atoms with Crippen LogP contribution in [0.15, 0.2) is 218 Å². The Balaban J connectivity index is 1.04. The van der Waals surface area contributed by atoms with E-state index in [0.29, 0.717) is 23.0 Å².